The van der Waals surface area contributed by atoms with Crippen LogP contribution in [0.1, 0.15) is 110 Å². The quantitative estimate of drug-likeness (QED) is 0.192. The number of hydrogen-bond donors (Lipinski definition) is 0. The molecule has 0 saturated heterocycles. The fraction of sp³-hybridized carbons (Fsp3) is 0.909. The van der Waals surface area contributed by atoms with E-state index >= 15 is 0 Å². The highest BCUT2D eigenvalue weighted by atomic mass is 15.3. The van der Waals surface area contributed by atoms with Crippen molar-refractivity contribution in [2.24, 2.45) is 0 Å². The van der Waals surface area contributed by atoms with Gasteiger partial charge in [0.25, 0.3) is 0 Å². The van der Waals surface area contributed by atoms with Crippen molar-refractivity contribution in [3.05, 3.63) is 12.3 Å². The lowest BCUT2D eigenvalue weighted by Gasteiger charge is -2.22. The van der Waals surface area contributed by atoms with Gasteiger partial charge in [-0.15, -0.1) is 0 Å². The van der Waals surface area contributed by atoms with E-state index in [1.165, 1.54) is 103 Å². The van der Waals surface area contributed by atoms with Gasteiger partial charge < -0.3 is 4.48 Å². The molecule has 0 spiro atoms. The molecule has 0 aromatic rings. The first-order valence-corrected chi connectivity index (χ1v) is 10.6. The van der Waals surface area contributed by atoms with Gasteiger partial charge in [0.1, 0.15) is 0 Å². The summed E-state index contributed by atoms with van der Waals surface area (Å²) in [7, 11) is 4.53. The Balaban J connectivity index is 3.14. The zero-order valence-corrected chi connectivity index (χ0v) is 16.9. The minimum atomic E-state index is 1.01. The van der Waals surface area contributed by atoms with E-state index < -0.39 is 0 Å². The molecule has 0 amide bonds. The predicted molar refractivity (Wildman–Crippen MR) is 107 cm³/mol. The van der Waals surface area contributed by atoms with Gasteiger partial charge in [-0.05, 0) is 25.8 Å². The van der Waals surface area contributed by atoms with Crippen molar-refractivity contribution in [1.29, 1.82) is 0 Å². The molecule has 0 radical (unpaired) electrons. The maximum Gasteiger partial charge on any atom is 0.0913 e. The molecule has 0 rings (SSSR count). The molecular formula is C22H46N+. The van der Waals surface area contributed by atoms with Crippen LogP contribution in [0.3, 0.4) is 0 Å². The van der Waals surface area contributed by atoms with Crippen LogP contribution < -0.4 is 0 Å². The molecular weight excluding hydrogens is 278 g/mol. The predicted octanol–water partition coefficient (Wildman–Crippen LogP) is 7.47. The Morgan fingerprint density at radius 3 is 1.35 bits per heavy atom. The lowest BCUT2D eigenvalue weighted by Crippen LogP contribution is -2.32. The number of hydrogen-bond acceptors (Lipinski definition) is 0. The molecule has 23 heavy (non-hydrogen) atoms. The average molecular weight is 325 g/mol. The van der Waals surface area contributed by atoms with E-state index in [2.05, 4.69) is 40.2 Å². The normalized spacial score (nSPS) is 12.3. The van der Waals surface area contributed by atoms with Crippen molar-refractivity contribution in [2.75, 3.05) is 20.6 Å². The number of quaternary nitrogens is 1. The second kappa shape index (κ2) is 16.6. The molecule has 0 aliphatic rings. The number of rotatable bonds is 17. The highest BCUT2D eigenvalue weighted by molar-refractivity contribution is 4.73. The van der Waals surface area contributed by atoms with Crippen LogP contribution in [0.2, 0.25) is 0 Å². The van der Waals surface area contributed by atoms with Gasteiger partial charge in [0.2, 0.25) is 0 Å². The Kier molecular flexibility index (Phi) is 16.3. The Morgan fingerprint density at radius 1 is 0.565 bits per heavy atom. The van der Waals surface area contributed by atoms with E-state index in [4.69, 9.17) is 0 Å². The molecule has 0 N–H and O–H groups in total. The van der Waals surface area contributed by atoms with Crippen LogP contribution in [-0.2, 0) is 0 Å². The van der Waals surface area contributed by atoms with Crippen molar-refractivity contribution in [1.82, 2.24) is 0 Å². The van der Waals surface area contributed by atoms with Crippen LogP contribution in [0.4, 0.5) is 0 Å². The van der Waals surface area contributed by atoms with Crippen LogP contribution in [0, 0.1) is 0 Å². The zero-order valence-electron chi connectivity index (χ0n) is 16.9. The number of nitrogens with zero attached hydrogens (tertiary/aromatic N) is 1. The van der Waals surface area contributed by atoms with Crippen molar-refractivity contribution in [3.8, 4) is 0 Å². The third kappa shape index (κ3) is 17.9. The summed E-state index contributed by atoms with van der Waals surface area (Å²) < 4.78 is 1.01. The van der Waals surface area contributed by atoms with Crippen LogP contribution in [0.15, 0.2) is 12.3 Å². The summed E-state index contributed by atoms with van der Waals surface area (Å²) in [6, 6.07) is 0. The van der Waals surface area contributed by atoms with Gasteiger partial charge in [-0.2, -0.15) is 0 Å². The molecule has 0 heterocycles. The van der Waals surface area contributed by atoms with E-state index in [9.17, 15) is 0 Å². The Bertz CT molecular complexity index is 255. The zero-order chi connectivity index (χ0) is 17.2. The summed E-state index contributed by atoms with van der Waals surface area (Å²) in [5, 5.41) is 0. The largest absolute Gasteiger partial charge is 0.303 e. The van der Waals surface area contributed by atoms with Crippen molar-refractivity contribution >= 4 is 0 Å². The Labute approximate surface area is 148 Å². The van der Waals surface area contributed by atoms with Gasteiger partial charge in [-0.25, -0.2) is 0 Å². The van der Waals surface area contributed by atoms with Gasteiger partial charge in [-0.1, -0.05) is 90.4 Å². The van der Waals surface area contributed by atoms with Gasteiger partial charge >= 0.3 is 0 Å². The average Bonchev–Trinajstić information content (AvgIpc) is 2.54. The molecule has 1 heteroatoms. The third-order valence-corrected chi connectivity index (χ3v) is 5.05. The Hall–Kier alpha value is -0.300. The number of unbranched alkanes of at least 4 members (excludes halogenated alkanes) is 14. The minimum Gasteiger partial charge on any atom is -0.303 e. The number of allylic oxidation sites excluding steroid dienone is 1. The van der Waals surface area contributed by atoms with E-state index in [1.807, 2.05) is 0 Å². The monoisotopic (exact) mass is 324 g/mol. The van der Waals surface area contributed by atoms with Crippen LogP contribution in [-0.4, -0.2) is 25.1 Å². The van der Waals surface area contributed by atoms with Crippen LogP contribution in [0.5, 0.6) is 0 Å². The fourth-order valence-corrected chi connectivity index (χ4v) is 2.92. The molecule has 0 unspecified atom stereocenters. The van der Waals surface area contributed by atoms with Gasteiger partial charge in [0, 0.05) is 0 Å². The lowest BCUT2D eigenvalue weighted by molar-refractivity contribution is -0.836. The highest BCUT2D eigenvalue weighted by Gasteiger charge is 2.04. The first-order chi connectivity index (χ1) is 11.1. The SMILES string of the molecule is CCCCCCCCCCCCCCCCC=C[N+](C)(C)CC. The van der Waals surface area contributed by atoms with Crippen LogP contribution >= 0.6 is 0 Å². The molecule has 0 aliphatic carbocycles. The molecule has 0 aromatic heterocycles. The molecule has 0 aromatic carbocycles. The molecule has 1 nitrogen and oxygen atoms in total. The van der Waals surface area contributed by atoms with E-state index in [-0.39, 0.29) is 0 Å². The summed E-state index contributed by atoms with van der Waals surface area (Å²) in [5.41, 5.74) is 0. The van der Waals surface area contributed by atoms with Gasteiger partial charge in [0.15, 0.2) is 0 Å². The van der Waals surface area contributed by atoms with Gasteiger partial charge in [0.05, 0.1) is 26.8 Å². The summed E-state index contributed by atoms with van der Waals surface area (Å²) in [6.07, 6.45) is 26.2. The summed E-state index contributed by atoms with van der Waals surface area (Å²) in [4.78, 5) is 0. The molecule has 138 valence electrons. The lowest BCUT2D eigenvalue weighted by atomic mass is 10.0. The van der Waals surface area contributed by atoms with Crippen molar-refractivity contribution in [3.63, 3.8) is 0 Å². The molecule has 0 atom stereocenters. The summed E-state index contributed by atoms with van der Waals surface area (Å²) in [5.74, 6) is 0. The van der Waals surface area contributed by atoms with Gasteiger partial charge in [-0.3, -0.25) is 0 Å². The highest BCUT2D eigenvalue weighted by Crippen LogP contribution is 2.13. The maximum atomic E-state index is 2.38. The first kappa shape index (κ1) is 22.7. The minimum absolute atomic E-state index is 1.01. The van der Waals surface area contributed by atoms with Crippen molar-refractivity contribution < 1.29 is 4.48 Å². The third-order valence-electron chi connectivity index (χ3n) is 5.05. The summed E-state index contributed by atoms with van der Waals surface area (Å²) >= 11 is 0. The van der Waals surface area contributed by atoms with E-state index in [0.29, 0.717) is 0 Å². The topological polar surface area (TPSA) is 0 Å². The smallest absolute Gasteiger partial charge is 0.0913 e. The van der Waals surface area contributed by atoms with Crippen LogP contribution in [0.25, 0.3) is 0 Å². The maximum absolute atomic E-state index is 2.38. The first-order valence-electron chi connectivity index (χ1n) is 10.6. The molecule has 0 saturated carbocycles. The molecule has 0 fully saturated rings. The summed E-state index contributed by atoms with van der Waals surface area (Å²) in [6.45, 7) is 5.72. The van der Waals surface area contributed by atoms with E-state index in [0.717, 1.165) is 4.48 Å². The van der Waals surface area contributed by atoms with E-state index in [1.54, 1.807) is 0 Å². The fourth-order valence-electron chi connectivity index (χ4n) is 2.92. The molecule has 0 aliphatic heterocycles. The van der Waals surface area contributed by atoms with Crippen molar-refractivity contribution in [2.45, 2.75) is 110 Å². The standard InChI is InChI=1S/C22H46N/c1-5-7-8-9-10-11-12-13-14-15-16-17-18-19-20-21-22-23(3,4)6-2/h21-22H,5-20H2,1-4H3/q+1. The second-order valence-corrected chi connectivity index (χ2v) is 7.86. The second-order valence-electron chi connectivity index (χ2n) is 7.86. The Morgan fingerprint density at radius 2 is 0.957 bits per heavy atom. The molecule has 0 bridgehead atoms.